The van der Waals surface area contributed by atoms with E-state index in [0.29, 0.717) is 69.3 Å². The van der Waals surface area contributed by atoms with Crippen LogP contribution in [0, 0.1) is 44.4 Å². The normalized spacial score (nSPS) is 23.7. The first kappa shape index (κ1) is 27.5. The fraction of sp³-hybridized carbons (Fsp3) is 0.351. The summed E-state index contributed by atoms with van der Waals surface area (Å²) in [4.78, 5) is 0. The van der Waals surface area contributed by atoms with Gasteiger partial charge in [-0.3, -0.25) is 0 Å². The maximum Gasteiger partial charge on any atom is 0.150 e. The van der Waals surface area contributed by atoms with Crippen molar-refractivity contribution in [2.75, 3.05) is 17.2 Å². The van der Waals surface area contributed by atoms with Gasteiger partial charge in [0.2, 0.25) is 0 Å². The van der Waals surface area contributed by atoms with Gasteiger partial charge in [0, 0.05) is 17.7 Å². The second-order valence-corrected chi connectivity index (χ2v) is 13.2. The van der Waals surface area contributed by atoms with Crippen LogP contribution in [0.5, 0.6) is 34.5 Å². The minimum Gasteiger partial charge on any atom is -0.455 e. The Morgan fingerprint density at radius 1 is 0.488 bits per heavy atom. The Morgan fingerprint density at radius 2 is 0.884 bits per heavy atom. The molecule has 0 aliphatic heterocycles. The van der Waals surface area contributed by atoms with Crippen molar-refractivity contribution in [1.29, 1.82) is 0 Å². The van der Waals surface area contributed by atoms with Gasteiger partial charge in [0.25, 0.3) is 0 Å². The fourth-order valence-electron chi connectivity index (χ4n) is 8.08. The van der Waals surface area contributed by atoms with E-state index in [4.69, 9.17) is 31.4 Å². The average molecular weight is 576 g/mol. The zero-order valence-electron chi connectivity index (χ0n) is 25.2. The van der Waals surface area contributed by atoms with Crippen LogP contribution in [0.15, 0.2) is 66.7 Å². The Morgan fingerprint density at radius 3 is 1.30 bits per heavy atom. The molecule has 0 spiro atoms. The zero-order chi connectivity index (χ0) is 29.8. The minimum absolute atomic E-state index is 0.313. The SMILES string of the molecule is Cc1ccc(N)c(Oc2cc(Oc3cc(C)ccc3N)c(C3C4CC5CC(C4)CC3C5)c(Oc3cc(C)ccc3N)c2)c1. The Labute approximate surface area is 254 Å². The molecule has 4 fully saturated rings. The highest BCUT2D eigenvalue weighted by atomic mass is 16.5. The van der Waals surface area contributed by atoms with Crippen molar-refractivity contribution in [3.63, 3.8) is 0 Å². The molecule has 6 nitrogen and oxygen atoms in total. The van der Waals surface area contributed by atoms with Gasteiger partial charge in [-0.15, -0.1) is 0 Å². The Hall–Kier alpha value is -4.32. The van der Waals surface area contributed by atoms with E-state index in [1.54, 1.807) is 0 Å². The predicted molar refractivity (Wildman–Crippen MR) is 173 cm³/mol. The number of nitrogen functional groups attached to an aromatic ring is 3. The molecular formula is C37H41N3O3. The maximum absolute atomic E-state index is 6.79. The van der Waals surface area contributed by atoms with Gasteiger partial charge in [0.15, 0.2) is 17.2 Å². The Bertz CT molecular complexity index is 1590. The topological polar surface area (TPSA) is 106 Å². The zero-order valence-corrected chi connectivity index (χ0v) is 25.2. The van der Waals surface area contributed by atoms with Crippen LogP contribution < -0.4 is 31.4 Å². The average Bonchev–Trinajstić information content (AvgIpc) is 2.95. The summed E-state index contributed by atoms with van der Waals surface area (Å²) in [7, 11) is 0. The molecule has 4 saturated carbocycles. The maximum atomic E-state index is 6.79. The second-order valence-electron chi connectivity index (χ2n) is 13.2. The molecule has 4 aliphatic rings. The van der Waals surface area contributed by atoms with Gasteiger partial charge >= 0.3 is 0 Å². The van der Waals surface area contributed by atoms with Gasteiger partial charge in [-0.25, -0.2) is 0 Å². The molecule has 8 rings (SSSR count). The van der Waals surface area contributed by atoms with Crippen molar-refractivity contribution in [1.82, 2.24) is 0 Å². The first-order chi connectivity index (χ1) is 20.7. The molecule has 0 aromatic heterocycles. The number of nitrogens with two attached hydrogens (primary N) is 3. The van der Waals surface area contributed by atoms with Gasteiger partial charge < -0.3 is 31.4 Å². The van der Waals surface area contributed by atoms with Crippen molar-refractivity contribution in [2.45, 2.75) is 58.8 Å². The van der Waals surface area contributed by atoms with Crippen LogP contribution in [0.4, 0.5) is 17.1 Å². The molecule has 43 heavy (non-hydrogen) atoms. The van der Waals surface area contributed by atoms with Crippen molar-refractivity contribution in [3.05, 3.63) is 89.0 Å². The summed E-state index contributed by atoms with van der Waals surface area (Å²) >= 11 is 0. The number of rotatable bonds is 7. The lowest BCUT2D eigenvalue weighted by molar-refractivity contribution is -0.00396. The predicted octanol–water partition coefficient (Wildman–Crippen LogP) is 9.28. The Kier molecular flexibility index (Phi) is 6.88. The van der Waals surface area contributed by atoms with E-state index in [0.717, 1.165) is 34.1 Å². The summed E-state index contributed by atoms with van der Waals surface area (Å²) in [5, 5.41) is 0. The van der Waals surface area contributed by atoms with E-state index in [1.807, 2.05) is 87.5 Å². The number of hydrogen-bond acceptors (Lipinski definition) is 6. The van der Waals surface area contributed by atoms with Crippen LogP contribution in [-0.2, 0) is 0 Å². The molecule has 0 saturated heterocycles. The summed E-state index contributed by atoms with van der Waals surface area (Å²) in [6.45, 7) is 6.10. The van der Waals surface area contributed by atoms with Gasteiger partial charge in [-0.05, 0) is 136 Å². The van der Waals surface area contributed by atoms with Gasteiger partial charge in [-0.1, -0.05) is 18.2 Å². The summed E-state index contributed by atoms with van der Waals surface area (Å²) in [6.07, 6.45) is 6.42. The Balaban J connectivity index is 1.41. The monoisotopic (exact) mass is 575 g/mol. The van der Waals surface area contributed by atoms with Crippen LogP contribution >= 0.6 is 0 Å². The molecule has 0 amide bonds. The first-order valence-electron chi connectivity index (χ1n) is 15.5. The van der Waals surface area contributed by atoms with Crippen LogP contribution in [0.1, 0.15) is 60.3 Å². The lowest BCUT2D eigenvalue weighted by atomic mass is 9.50. The standard InChI is InChI=1S/C37H41N3O3/c1-20-4-7-28(38)31(10-20)41-27-18-34(42-32-11-21(2)5-8-29(32)39)37(35(19-27)43-33-12-22(3)6-9-30(33)40)36-25-14-23-13-24(16-25)17-26(36)15-23/h4-12,18-19,23-26,36H,13-17,38-40H2,1-3H3. The van der Waals surface area contributed by atoms with Crippen LogP contribution in [0.25, 0.3) is 0 Å². The molecule has 4 aliphatic carbocycles. The van der Waals surface area contributed by atoms with Crippen molar-refractivity contribution < 1.29 is 14.2 Å². The molecule has 4 bridgehead atoms. The molecule has 4 aromatic rings. The summed E-state index contributed by atoms with van der Waals surface area (Å²) < 4.78 is 20.1. The van der Waals surface area contributed by atoms with Crippen LogP contribution in [0.2, 0.25) is 0 Å². The van der Waals surface area contributed by atoms with E-state index in [1.165, 1.54) is 32.1 Å². The lowest BCUT2D eigenvalue weighted by Crippen LogP contribution is -2.43. The highest BCUT2D eigenvalue weighted by Crippen LogP contribution is 2.63. The van der Waals surface area contributed by atoms with Crippen molar-refractivity contribution in [2.24, 2.45) is 23.7 Å². The molecule has 4 aromatic carbocycles. The van der Waals surface area contributed by atoms with E-state index in [-0.39, 0.29) is 0 Å². The van der Waals surface area contributed by atoms with Gasteiger partial charge in [-0.2, -0.15) is 0 Å². The molecule has 0 radical (unpaired) electrons. The fourth-order valence-corrected chi connectivity index (χ4v) is 8.08. The number of benzene rings is 4. The van der Waals surface area contributed by atoms with Gasteiger partial charge in [0.05, 0.1) is 17.1 Å². The molecule has 6 N–H and O–H groups in total. The summed E-state index contributed by atoms with van der Waals surface area (Å²) in [6, 6.07) is 21.5. The van der Waals surface area contributed by atoms with Crippen LogP contribution in [0.3, 0.4) is 0 Å². The highest BCUT2D eigenvalue weighted by Gasteiger charge is 2.50. The smallest absolute Gasteiger partial charge is 0.150 e. The van der Waals surface area contributed by atoms with E-state index >= 15 is 0 Å². The molecule has 0 atom stereocenters. The minimum atomic E-state index is 0.313. The van der Waals surface area contributed by atoms with E-state index in [9.17, 15) is 0 Å². The number of hydrogen-bond donors (Lipinski definition) is 3. The third kappa shape index (κ3) is 5.35. The molecule has 6 heteroatoms. The number of anilines is 3. The lowest BCUT2D eigenvalue weighted by Gasteiger charge is -2.54. The first-order valence-corrected chi connectivity index (χ1v) is 15.5. The molecule has 0 heterocycles. The van der Waals surface area contributed by atoms with Gasteiger partial charge in [0.1, 0.15) is 17.2 Å². The third-order valence-corrected chi connectivity index (χ3v) is 9.81. The number of aryl methyl sites for hydroxylation is 3. The van der Waals surface area contributed by atoms with Crippen LogP contribution in [-0.4, -0.2) is 0 Å². The van der Waals surface area contributed by atoms with E-state index < -0.39 is 0 Å². The molecule has 0 unspecified atom stereocenters. The van der Waals surface area contributed by atoms with Crippen molar-refractivity contribution in [3.8, 4) is 34.5 Å². The largest absolute Gasteiger partial charge is 0.455 e. The molecule has 222 valence electrons. The van der Waals surface area contributed by atoms with E-state index in [2.05, 4.69) is 0 Å². The number of ether oxygens (including phenoxy) is 3. The summed E-state index contributed by atoms with van der Waals surface area (Å²) in [5.74, 6) is 6.98. The second kappa shape index (κ2) is 10.7. The summed E-state index contributed by atoms with van der Waals surface area (Å²) in [5.41, 5.74) is 25.3. The highest BCUT2D eigenvalue weighted by molar-refractivity contribution is 5.63. The molecular weight excluding hydrogens is 534 g/mol. The van der Waals surface area contributed by atoms with Crippen molar-refractivity contribution >= 4 is 17.1 Å². The third-order valence-electron chi connectivity index (χ3n) is 9.81. The quantitative estimate of drug-likeness (QED) is 0.190.